The lowest BCUT2D eigenvalue weighted by atomic mass is 10.5. The van der Waals surface area contributed by atoms with Gasteiger partial charge >= 0.3 is 5.69 Å². The zero-order chi connectivity index (χ0) is 12.3. The lowest BCUT2D eigenvalue weighted by Gasteiger charge is -2.06. The minimum atomic E-state index is -0.0819. The first kappa shape index (κ1) is 12.2. The summed E-state index contributed by atoms with van der Waals surface area (Å²) < 4.78 is 3.06. The van der Waals surface area contributed by atoms with Gasteiger partial charge in [-0.15, -0.1) is 5.10 Å². The van der Waals surface area contributed by atoms with Crippen molar-refractivity contribution in [3.8, 4) is 0 Å². The van der Waals surface area contributed by atoms with E-state index in [1.165, 1.54) is 4.68 Å². The maximum Gasteiger partial charge on any atom is 0.350 e. The van der Waals surface area contributed by atoms with Gasteiger partial charge in [0.2, 0.25) is 0 Å². The van der Waals surface area contributed by atoms with Crippen molar-refractivity contribution in [1.82, 2.24) is 14.2 Å². The largest absolute Gasteiger partial charge is 0.350 e. The van der Waals surface area contributed by atoms with Gasteiger partial charge in [0.15, 0.2) is 5.65 Å². The van der Waals surface area contributed by atoms with Crippen LogP contribution in [0, 0.1) is 0 Å². The average Bonchev–Trinajstić information content (AvgIpc) is 2.67. The topological polar surface area (TPSA) is 65.3 Å². The molecule has 1 atom stereocenters. The van der Waals surface area contributed by atoms with Crippen molar-refractivity contribution in [3.05, 3.63) is 34.9 Å². The van der Waals surface area contributed by atoms with Gasteiger partial charge in [-0.25, -0.2) is 9.48 Å². The molecule has 0 aliphatic heterocycles. The summed E-state index contributed by atoms with van der Waals surface area (Å²) in [7, 11) is 0. The summed E-state index contributed by atoms with van der Waals surface area (Å²) in [4.78, 5) is 11.9. The molecule has 0 fully saturated rings. The van der Waals surface area contributed by atoms with Crippen LogP contribution in [-0.4, -0.2) is 31.7 Å². The zero-order valence-corrected chi connectivity index (χ0v) is 10.6. The Hall–Kier alpha value is -1.27. The number of hydrogen-bond acceptors (Lipinski definition) is 4. The van der Waals surface area contributed by atoms with Crippen molar-refractivity contribution < 1.29 is 0 Å². The second-order valence-electron chi connectivity index (χ2n) is 3.85. The first-order valence-electron chi connectivity index (χ1n) is 5.58. The van der Waals surface area contributed by atoms with Gasteiger partial charge in [-0.3, -0.25) is 4.40 Å². The monoisotopic (exact) mass is 252 g/mol. The van der Waals surface area contributed by atoms with Crippen LogP contribution in [0.5, 0.6) is 0 Å². The van der Waals surface area contributed by atoms with Crippen LogP contribution in [-0.2, 0) is 6.54 Å². The zero-order valence-electron chi connectivity index (χ0n) is 9.74. The van der Waals surface area contributed by atoms with Crippen molar-refractivity contribution in [3.63, 3.8) is 0 Å². The molecule has 2 heterocycles. The molecule has 0 bridgehead atoms. The average molecular weight is 252 g/mol. The minimum Gasteiger partial charge on any atom is -0.329 e. The van der Waals surface area contributed by atoms with E-state index >= 15 is 0 Å². The molecule has 5 nitrogen and oxygen atoms in total. The number of aromatic nitrogens is 3. The molecule has 1 unspecified atom stereocenters. The Labute approximate surface area is 104 Å². The highest BCUT2D eigenvalue weighted by atomic mass is 32.2. The minimum absolute atomic E-state index is 0.0819. The molecule has 92 valence electrons. The molecular formula is C11H16N4OS. The number of nitrogens with two attached hydrogens (primary N) is 1. The fourth-order valence-corrected chi connectivity index (χ4v) is 2.34. The lowest BCUT2D eigenvalue weighted by molar-refractivity contribution is 0.639. The van der Waals surface area contributed by atoms with E-state index in [0.717, 1.165) is 5.75 Å². The summed E-state index contributed by atoms with van der Waals surface area (Å²) in [6, 6.07) is 5.52. The Balaban J connectivity index is 2.09. The Morgan fingerprint density at radius 1 is 1.53 bits per heavy atom. The molecule has 0 saturated carbocycles. The Morgan fingerprint density at radius 3 is 3.06 bits per heavy atom. The molecule has 0 aromatic carbocycles. The van der Waals surface area contributed by atoms with Crippen LogP contribution < -0.4 is 11.4 Å². The molecule has 6 heteroatoms. The van der Waals surface area contributed by atoms with E-state index in [9.17, 15) is 4.79 Å². The molecule has 2 rings (SSSR count). The van der Waals surface area contributed by atoms with E-state index in [0.29, 0.717) is 24.0 Å². The van der Waals surface area contributed by atoms with Gasteiger partial charge in [0, 0.05) is 23.7 Å². The standard InChI is InChI=1S/C11H16N4OS/c1-9(8-12)17-7-6-15-11(16)14-5-3-2-4-10(14)13-15/h2-5,9H,6-8,12H2,1H3. The van der Waals surface area contributed by atoms with Crippen LogP contribution in [0.4, 0.5) is 0 Å². The summed E-state index contributed by atoms with van der Waals surface area (Å²) in [5, 5.41) is 4.68. The van der Waals surface area contributed by atoms with Gasteiger partial charge < -0.3 is 5.73 Å². The highest BCUT2D eigenvalue weighted by Gasteiger charge is 2.06. The van der Waals surface area contributed by atoms with Crippen molar-refractivity contribution in [2.24, 2.45) is 5.73 Å². The molecule has 0 aliphatic carbocycles. The molecule has 17 heavy (non-hydrogen) atoms. The number of rotatable bonds is 5. The fraction of sp³-hybridized carbons (Fsp3) is 0.455. The quantitative estimate of drug-likeness (QED) is 0.845. The van der Waals surface area contributed by atoms with E-state index in [2.05, 4.69) is 12.0 Å². The van der Waals surface area contributed by atoms with Crippen LogP contribution in [0.2, 0.25) is 0 Å². The van der Waals surface area contributed by atoms with Crippen LogP contribution in [0.3, 0.4) is 0 Å². The van der Waals surface area contributed by atoms with Crippen LogP contribution in [0.25, 0.3) is 5.65 Å². The van der Waals surface area contributed by atoms with Crippen molar-refractivity contribution in [1.29, 1.82) is 0 Å². The summed E-state index contributed by atoms with van der Waals surface area (Å²) in [5.74, 6) is 0.849. The van der Waals surface area contributed by atoms with E-state index < -0.39 is 0 Å². The van der Waals surface area contributed by atoms with Gasteiger partial charge in [-0.2, -0.15) is 11.8 Å². The van der Waals surface area contributed by atoms with E-state index in [4.69, 9.17) is 5.73 Å². The van der Waals surface area contributed by atoms with Gasteiger partial charge in [-0.1, -0.05) is 13.0 Å². The molecule has 2 N–H and O–H groups in total. The van der Waals surface area contributed by atoms with Crippen molar-refractivity contribution in [2.75, 3.05) is 12.3 Å². The molecule has 0 spiro atoms. The molecule has 0 amide bonds. The SMILES string of the molecule is CC(CN)SCCn1nc2ccccn2c1=O. The number of aryl methyl sites for hydroxylation is 1. The number of fused-ring (bicyclic) bond motifs is 1. The Kier molecular flexibility index (Phi) is 3.86. The first-order chi connectivity index (χ1) is 8.22. The third kappa shape index (κ3) is 2.70. The summed E-state index contributed by atoms with van der Waals surface area (Å²) in [6.07, 6.45) is 1.73. The Morgan fingerprint density at radius 2 is 2.35 bits per heavy atom. The summed E-state index contributed by atoms with van der Waals surface area (Å²) in [5.41, 5.74) is 6.14. The maximum absolute atomic E-state index is 11.9. The van der Waals surface area contributed by atoms with E-state index in [1.807, 2.05) is 18.2 Å². The van der Waals surface area contributed by atoms with E-state index in [1.54, 1.807) is 22.4 Å². The molecule has 2 aromatic heterocycles. The third-order valence-corrected chi connectivity index (χ3v) is 3.71. The molecule has 0 saturated heterocycles. The number of thioether (sulfide) groups is 1. The second-order valence-corrected chi connectivity index (χ2v) is 5.40. The van der Waals surface area contributed by atoms with Gasteiger partial charge in [0.25, 0.3) is 0 Å². The van der Waals surface area contributed by atoms with Crippen LogP contribution in [0.15, 0.2) is 29.2 Å². The van der Waals surface area contributed by atoms with Crippen molar-refractivity contribution >= 4 is 17.4 Å². The normalized spacial score (nSPS) is 13.1. The third-order valence-electron chi connectivity index (χ3n) is 2.53. The van der Waals surface area contributed by atoms with Crippen molar-refractivity contribution in [2.45, 2.75) is 18.7 Å². The maximum atomic E-state index is 11.9. The van der Waals surface area contributed by atoms with Gasteiger partial charge in [0.1, 0.15) is 0 Å². The predicted octanol–water partition coefficient (Wildman–Crippen LogP) is 0.576. The molecular weight excluding hydrogens is 236 g/mol. The predicted molar refractivity (Wildman–Crippen MR) is 70.4 cm³/mol. The first-order valence-corrected chi connectivity index (χ1v) is 6.63. The summed E-state index contributed by atoms with van der Waals surface area (Å²) in [6.45, 7) is 3.36. The highest BCUT2D eigenvalue weighted by molar-refractivity contribution is 7.99. The second kappa shape index (κ2) is 5.37. The number of pyridine rings is 1. The van der Waals surface area contributed by atoms with Crippen LogP contribution >= 0.6 is 11.8 Å². The van der Waals surface area contributed by atoms with Gasteiger partial charge in [-0.05, 0) is 12.1 Å². The number of hydrogen-bond donors (Lipinski definition) is 1. The molecule has 0 aliphatic rings. The van der Waals surface area contributed by atoms with Crippen LogP contribution in [0.1, 0.15) is 6.92 Å². The fourth-order valence-electron chi connectivity index (χ4n) is 1.52. The molecule has 0 radical (unpaired) electrons. The lowest BCUT2D eigenvalue weighted by Crippen LogP contribution is -2.23. The van der Waals surface area contributed by atoms with Gasteiger partial charge in [0.05, 0.1) is 6.54 Å². The smallest absolute Gasteiger partial charge is 0.329 e. The number of nitrogens with zero attached hydrogens (tertiary/aromatic N) is 3. The summed E-state index contributed by atoms with van der Waals surface area (Å²) >= 11 is 1.76. The molecule has 2 aromatic rings. The highest BCUT2D eigenvalue weighted by Crippen LogP contribution is 2.08. The Bertz CT molecular complexity index is 548. The van der Waals surface area contributed by atoms with E-state index in [-0.39, 0.29) is 5.69 Å².